The van der Waals surface area contributed by atoms with Gasteiger partial charge in [-0.2, -0.15) is 0 Å². The number of aromatic nitrogens is 2. The summed E-state index contributed by atoms with van der Waals surface area (Å²) in [4.78, 5) is 3.57. The van der Waals surface area contributed by atoms with Crippen LogP contribution in [0.25, 0.3) is 21.0 Å². The Morgan fingerprint density at radius 2 is 2.22 bits per heavy atom. The Morgan fingerprint density at radius 3 is 3.09 bits per heavy atom. The summed E-state index contributed by atoms with van der Waals surface area (Å²) < 4.78 is 2.99. The normalized spacial score (nSPS) is 17.9. The van der Waals surface area contributed by atoms with Crippen LogP contribution >= 0.6 is 22.9 Å². The molecule has 2 N–H and O–H groups in total. The number of thiophene rings is 1. The molecule has 3 heterocycles. The van der Waals surface area contributed by atoms with Crippen molar-refractivity contribution in [2.75, 3.05) is 0 Å². The van der Waals surface area contributed by atoms with E-state index < -0.39 is 0 Å². The van der Waals surface area contributed by atoms with Gasteiger partial charge in [0.05, 0.1) is 10.7 Å². The third-order valence-corrected chi connectivity index (χ3v) is 6.06. The van der Waals surface area contributed by atoms with Crippen molar-refractivity contribution >= 4 is 43.9 Å². The quantitative estimate of drug-likeness (QED) is 0.473. The molecular weight excluding hydrogens is 328 g/mol. The van der Waals surface area contributed by atoms with Crippen molar-refractivity contribution in [1.29, 1.82) is 0 Å². The first-order chi connectivity index (χ1) is 11.2. The first-order valence-electron chi connectivity index (χ1n) is 7.79. The highest BCUT2D eigenvalue weighted by Gasteiger charge is 2.27. The van der Waals surface area contributed by atoms with Gasteiger partial charge in [-0.05, 0) is 54.5 Å². The van der Waals surface area contributed by atoms with E-state index in [4.69, 9.17) is 11.6 Å². The molecule has 1 atom stereocenters. The lowest BCUT2D eigenvalue weighted by molar-refractivity contribution is 0.383. The van der Waals surface area contributed by atoms with E-state index in [1.807, 2.05) is 28.1 Å². The van der Waals surface area contributed by atoms with Gasteiger partial charge in [-0.1, -0.05) is 11.6 Å². The van der Waals surface area contributed by atoms with Gasteiger partial charge >= 0.3 is 0 Å². The number of nitrogens with one attached hydrogen (secondary N) is 1. The molecule has 0 bridgehead atoms. The number of rotatable bonds is 1. The summed E-state index contributed by atoms with van der Waals surface area (Å²) in [7, 11) is 0. The minimum absolute atomic E-state index is 0.157. The molecule has 5 heteroatoms. The Hall–Kier alpha value is -1.91. The van der Waals surface area contributed by atoms with E-state index in [-0.39, 0.29) is 6.04 Å². The second kappa shape index (κ2) is 4.79. The van der Waals surface area contributed by atoms with E-state index in [9.17, 15) is 5.11 Å². The molecule has 4 aromatic rings. The molecular formula is C18H15ClN2OS. The maximum Gasteiger partial charge on any atom is 0.210 e. The molecule has 116 valence electrons. The molecule has 1 aliphatic carbocycles. The summed E-state index contributed by atoms with van der Waals surface area (Å²) in [5.41, 5.74) is 3.68. The molecule has 3 nitrogen and oxygen atoms in total. The van der Waals surface area contributed by atoms with E-state index in [0.717, 1.165) is 39.9 Å². The van der Waals surface area contributed by atoms with Gasteiger partial charge in [-0.3, -0.25) is 0 Å². The smallest absolute Gasteiger partial charge is 0.210 e. The largest absolute Gasteiger partial charge is 0.493 e. The number of hydrogen-bond acceptors (Lipinski definition) is 2. The molecule has 5 rings (SSSR count). The lowest BCUT2D eigenvalue weighted by Crippen LogP contribution is -2.16. The average Bonchev–Trinajstić information content (AvgIpc) is 3.22. The van der Waals surface area contributed by atoms with Gasteiger partial charge in [0.1, 0.15) is 0 Å². The Kier molecular flexibility index (Phi) is 2.82. The molecule has 0 fully saturated rings. The Labute approximate surface area is 142 Å². The van der Waals surface area contributed by atoms with E-state index in [1.165, 1.54) is 16.6 Å². The van der Waals surface area contributed by atoms with E-state index >= 15 is 0 Å². The van der Waals surface area contributed by atoms with E-state index in [1.54, 1.807) is 11.3 Å². The average molecular weight is 343 g/mol. The standard InChI is InChI=1S/C18H15ClN2OS/c19-11-4-5-14-13(8-11)12-2-1-3-15(16(12)20-14)21-9-10-6-7-23-17(10)18(21)22/h4-9,15,20,22H,1-3H2. The molecule has 23 heavy (non-hydrogen) atoms. The first-order valence-corrected chi connectivity index (χ1v) is 9.05. The molecule has 0 amide bonds. The number of benzene rings is 1. The second-order valence-electron chi connectivity index (χ2n) is 6.18. The third-order valence-electron chi connectivity index (χ3n) is 4.90. The van der Waals surface area contributed by atoms with Crippen LogP contribution in [0.5, 0.6) is 5.88 Å². The highest BCUT2D eigenvalue weighted by molar-refractivity contribution is 7.17. The Morgan fingerprint density at radius 1 is 1.30 bits per heavy atom. The molecule has 1 unspecified atom stereocenters. The van der Waals surface area contributed by atoms with Gasteiger partial charge in [0.2, 0.25) is 5.88 Å². The lowest BCUT2D eigenvalue weighted by Gasteiger charge is -2.24. The van der Waals surface area contributed by atoms with Crippen molar-refractivity contribution in [2.24, 2.45) is 0 Å². The zero-order valence-electron chi connectivity index (χ0n) is 12.3. The summed E-state index contributed by atoms with van der Waals surface area (Å²) >= 11 is 7.77. The maximum absolute atomic E-state index is 10.6. The predicted octanol–water partition coefficient (Wildman–Crippen LogP) is 5.47. The highest BCUT2D eigenvalue weighted by Crippen LogP contribution is 2.42. The van der Waals surface area contributed by atoms with E-state index in [2.05, 4.69) is 17.2 Å². The van der Waals surface area contributed by atoms with Gasteiger partial charge in [0.25, 0.3) is 0 Å². The minimum atomic E-state index is 0.157. The monoisotopic (exact) mass is 342 g/mol. The second-order valence-corrected chi connectivity index (χ2v) is 7.53. The number of halogens is 1. The van der Waals surface area contributed by atoms with Gasteiger partial charge < -0.3 is 14.7 Å². The fourth-order valence-electron chi connectivity index (χ4n) is 3.86. The predicted molar refractivity (Wildman–Crippen MR) is 95.9 cm³/mol. The Bertz CT molecular complexity index is 1040. The number of aromatic hydroxyl groups is 1. The van der Waals surface area contributed by atoms with Crippen molar-refractivity contribution in [1.82, 2.24) is 9.55 Å². The molecule has 0 saturated heterocycles. The number of aryl methyl sites for hydroxylation is 1. The molecule has 1 aromatic carbocycles. The molecule has 0 aliphatic heterocycles. The minimum Gasteiger partial charge on any atom is -0.493 e. The SMILES string of the molecule is Oc1c2sccc2cn1C1CCCc2c1[nH]c1ccc(Cl)cc21. The van der Waals surface area contributed by atoms with Crippen molar-refractivity contribution in [2.45, 2.75) is 25.3 Å². The van der Waals surface area contributed by atoms with Crippen molar-refractivity contribution < 1.29 is 5.11 Å². The Balaban J connectivity index is 1.73. The third kappa shape index (κ3) is 1.88. The summed E-state index contributed by atoms with van der Waals surface area (Å²) in [5.74, 6) is 0.379. The van der Waals surface area contributed by atoms with Crippen LogP contribution < -0.4 is 0 Å². The van der Waals surface area contributed by atoms with Crippen LogP contribution in [0, 0.1) is 0 Å². The fraction of sp³-hybridized carbons (Fsp3) is 0.222. The van der Waals surface area contributed by atoms with Crippen LogP contribution in [0.2, 0.25) is 5.02 Å². The van der Waals surface area contributed by atoms with E-state index in [0.29, 0.717) is 5.88 Å². The van der Waals surface area contributed by atoms with Crippen LogP contribution in [0.15, 0.2) is 35.8 Å². The van der Waals surface area contributed by atoms with Crippen molar-refractivity contribution in [3.8, 4) is 5.88 Å². The van der Waals surface area contributed by atoms with Crippen LogP contribution in [0.4, 0.5) is 0 Å². The van der Waals surface area contributed by atoms with Gasteiger partial charge in [0.15, 0.2) is 0 Å². The molecule has 0 saturated carbocycles. The van der Waals surface area contributed by atoms with Gasteiger partial charge in [0, 0.05) is 33.2 Å². The highest BCUT2D eigenvalue weighted by atomic mass is 35.5. The van der Waals surface area contributed by atoms with Gasteiger partial charge in [-0.15, -0.1) is 11.3 Å². The van der Waals surface area contributed by atoms with Crippen LogP contribution in [0.1, 0.15) is 30.1 Å². The van der Waals surface area contributed by atoms with Crippen LogP contribution in [-0.2, 0) is 6.42 Å². The van der Waals surface area contributed by atoms with Gasteiger partial charge in [-0.25, -0.2) is 0 Å². The zero-order chi connectivity index (χ0) is 15.6. The molecule has 0 spiro atoms. The molecule has 0 radical (unpaired) electrons. The number of nitrogens with zero attached hydrogens (tertiary/aromatic N) is 1. The van der Waals surface area contributed by atoms with Crippen LogP contribution in [0.3, 0.4) is 0 Å². The lowest BCUT2D eigenvalue weighted by atomic mass is 9.91. The fourth-order valence-corrected chi connectivity index (χ4v) is 4.85. The van der Waals surface area contributed by atoms with Crippen LogP contribution in [-0.4, -0.2) is 14.7 Å². The molecule has 1 aliphatic rings. The summed E-state index contributed by atoms with van der Waals surface area (Å²) in [5, 5.41) is 15.7. The topological polar surface area (TPSA) is 41.0 Å². The zero-order valence-corrected chi connectivity index (χ0v) is 13.9. The van der Waals surface area contributed by atoms with Crippen molar-refractivity contribution in [3.63, 3.8) is 0 Å². The first kappa shape index (κ1) is 13.5. The number of H-pyrrole nitrogens is 1. The van der Waals surface area contributed by atoms with Crippen molar-refractivity contribution in [3.05, 3.63) is 52.1 Å². The maximum atomic E-state index is 10.6. The number of fused-ring (bicyclic) bond motifs is 4. The number of hydrogen-bond donors (Lipinski definition) is 2. The molecule has 3 aromatic heterocycles. The summed E-state index contributed by atoms with van der Waals surface area (Å²) in [6, 6.07) is 8.23. The summed E-state index contributed by atoms with van der Waals surface area (Å²) in [6.07, 6.45) is 5.27. The number of aromatic amines is 1. The summed E-state index contributed by atoms with van der Waals surface area (Å²) in [6.45, 7) is 0.